The lowest BCUT2D eigenvalue weighted by atomic mass is 9.98. The van der Waals surface area contributed by atoms with E-state index in [-0.39, 0.29) is 33.5 Å². The molecule has 1 amide bonds. The lowest BCUT2D eigenvalue weighted by Gasteiger charge is -2.14. The Balaban J connectivity index is 1.75. The number of rotatable bonds is 5. The van der Waals surface area contributed by atoms with Gasteiger partial charge in [-0.2, -0.15) is 0 Å². The maximum atomic E-state index is 14.8. The van der Waals surface area contributed by atoms with Gasteiger partial charge in [-0.05, 0) is 72.0 Å². The van der Waals surface area contributed by atoms with E-state index < -0.39 is 35.0 Å². The van der Waals surface area contributed by atoms with Crippen molar-refractivity contribution in [2.24, 2.45) is 0 Å². The van der Waals surface area contributed by atoms with Crippen LogP contribution in [0.5, 0.6) is 0 Å². The molecule has 0 radical (unpaired) electrons. The first-order valence-electron chi connectivity index (χ1n) is 10.4. The molecule has 2 N–H and O–H groups in total. The summed E-state index contributed by atoms with van der Waals surface area (Å²) in [4.78, 5) is 29.2. The first-order chi connectivity index (χ1) is 16.2. The van der Waals surface area contributed by atoms with Gasteiger partial charge in [0.05, 0.1) is 11.1 Å². The van der Waals surface area contributed by atoms with Gasteiger partial charge >= 0.3 is 5.97 Å². The number of anilines is 1. The minimum absolute atomic E-state index is 0.0722. The maximum Gasteiger partial charge on any atom is 0.336 e. The number of halogens is 3. The molecule has 0 aliphatic heterocycles. The van der Waals surface area contributed by atoms with Crippen molar-refractivity contribution in [3.05, 3.63) is 94.4 Å². The van der Waals surface area contributed by atoms with Gasteiger partial charge in [0.1, 0.15) is 28.8 Å². The highest BCUT2D eigenvalue weighted by molar-refractivity contribution is 6.11. The number of hydrogen-bond acceptors (Lipinski definition) is 3. The largest absolute Gasteiger partial charge is 0.478 e. The van der Waals surface area contributed by atoms with E-state index in [0.29, 0.717) is 11.8 Å². The van der Waals surface area contributed by atoms with Crippen molar-refractivity contribution in [2.75, 3.05) is 5.32 Å². The summed E-state index contributed by atoms with van der Waals surface area (Å²) in [6, 6.07) is 12.3. The number of hydrogen-bond donors (Lipinski definition) is 2. The van der Waals surface area contributed by atoms with E-state index in [9.17, 15) is 27.9 Å². The molecule has 1 heterocycles. The van der Waals surface area contributed by atoms with Crippen LogP contribution in [0.25, 0.3) is 22.0 Å². The molecule has 0 saturated heterocycles. The van der Waals surface area contributed by atoms with Crippen molar-refractivity contribution in [3.8, 4) is 11.1 Å². The quantitative estimate of drug-likeness (QED) is 0.372. The van der Waals surface area contributed by atoms with Gasteiger partial charge in [-0.25, -0.2) is 22.9 Å². The molecule has 3 aromatic carbocycles. The van der Waals surface area contributed by atoms with Gasteiger partial charge in [0.2, 0.25) is 0 Å². The fourth-order valence-corrected chi connectivity index (χ4v) is 3.82. The van der Waals surface area contributed by atoms with Gasteiger partial charge < -0.3 is 10.4 Å². The van der Waals surface area contributed by atoms with Gasteiger partial charge in [0, 0.05) is 5.39 Å². The van der Waals surface area contributed by atoms with Crippen LogP contribution in [-0.4, -0.2) is 22.0 Å². The number of carbonyl (C=O) groups is 2. The molecule has 0 atom stereocenters. The van der Waals surface area contributed by atoms with Gasteiger partial charge in [0.15, 0.2) is 0 Å². The molecule has 172 valence electrons. The number of pyridine rings is 1. The molecule has 0 saturated carbocycles. The smallest absolute Gasteiger partial charge is 0.336 e. The Morgan fingerprint density at radius 3 is 2.29 bits per heavy atom. The van der Waals surface area contributed by atoms with E-state index in [1.807, 2.05) is 6.92 Å². The second-order valence-electron chi connectivity index (χ2n) is 7.75. The van der Waals surface area contributed by atoms with E-state index in [0.717, 1.165) is 23.8 Å². The van der Waals surface area contributed by atoms with Crippen LogP contribution >= 0.6 is 0 Å². The molecule has 0 aliphatic carbocycles. The fraction of sp³-hybridized carbons (Fsp3) is 0.115. The standard InChI is InChI=1S/C26H19F3N2O3/c1-3-14-7-8-21-18(9-14)22(26(33)34)13(2)23(30-21)25(32)31-24-19(28)11-16(12-20(24)29)15-5-4-6-17(27)10-15/h4-12H,3H2,1-2H3,(H,31,32)(H,33,34). The number of aromatic nitrogens is 1. The summed E-state index contributed by atoms with van der Waals surface area (Å²) in [6.07, 6.45) is 0.681. The SMILES string of the molecule is CCc1ccc2nc(C(=O)Nc3c(F)cc(-c4cccc(F)c4)cc3F)c(C)c(C(=O)O)c2c1. The highest BCUT2D eigenvalue weighted by atomic mass is 19.1. The minimum atomic E-state index is -1.25. The van der Waals surface area contributed by atoms with E-state index in [1.54, 1.807) is 18.2 Å². The zero-order chi connectivity index (χ0) is 24.6. The predicted octanol–water partition coefficient (Wildman–Crippen LogP) is 6.14. The molecule has 4 rings (SSSR count). The summed E-state index contributed by atoms with van der Waals surface area (Å²) in [7, 11) is 0. The van der Waals surface area contributed by atoms with Crippen LogP contribution < -0.4 is 5.32 Å². The van der Waals surface area contributed by atoms with Crippen molar-refractivity contribution in [1.82, 2.24) is 4.98 Å². The first-order valence-corrected chi connectivity index (χ1v) is 10.4. The van der Waals surface area contributed by atoms with E-state index in [1.165, 1.54) is 25.1 Å². The van der Waals surface area contributed by atoms with E-state index >= 15 is 0 Å². The van der Waals surface area contributed by atoms with Crippen molar-refractivity contribution in [2.45, 2.75) is 20.3 Å². The van der Waals surface area contributed by atoms with Crippen LogP contribution in [0.3, 0.4) is 0 Å². The van der Waals surface area contributed by atoms with E-state index in [4.69, 9.17) is 0 Å². The second-order valence-corrected chi connectivity index (χ2v) is 7.75. The summed E-state index contributed by atoms with van der Waals surface area (Å²) in [5.41, 5.74) is 0.513. The summed E-state index contributed by atoms with van der Waals surface area (Å²) >= 11 is 0. The van der Waals surface area contributed by atoms with Gasteiger partial charge in [-0.3, -0.25) is 4.79 Å². The third-order valence-corrected chi connectivity index (χ3v) is 5.57. The van der Waals surface area contributed by atoms with Crippen LogP contribution in [0.4, 0.5) is 18.9 Å². The lowest BCUT2D eigenvalue weighted by molar-refractivity contribution is 0.0698. The summed E-state index contributed by atoms with van der Waals surface area (Å²) in [6.45, 7) is 3.34. The Kier molecular flexibility index (Phi) is 6.06. The number of nitrogens with one attached hydrogen (secondary N) is 1. The van der Waals surface area contributed by atoms with Crippen LogP contribution in [0.1, 0.15) is 38.9 Å². The average Bonchev–Trinajstić information content (AvgIpc) is 2.80. The van der Waals surface area contributed by atoms with Crippen LogP contribution in [0.15, 0.2) is 54.6 Å². The molecule has 0 fully saturated rings. The first kappa shape index (κ1) is 23.0. The van der Waals surface area contributed by atoms with Gasteiger partial charge in [0.25, 0.3) is 5.91 Å². The summed E-state index contributed by atoms with van der Waals surface area (Å²) in [5.74, 6) is -4.91. The number of fused-ring (bicyclic) bond motifs is 1. The Bertz CT molecular complexity index is 1440. The Labute approximate surface area is 192 Å². The molecule has 34 heavy (non-hydrogen) atoms. The van der Waals surface area contributed by atoms with Crippen molar-refractivity contribution < 1.29 is 27.9 Å². The zero-order valence-electron chi connectivity index (χ0n) is 18.2. The number of amides is 1. The molecule has 1 aromatic heterocycles. The number of aryl methyl sites for hydroxylation is 1. The Hall–Kier alpha value is -4.20. The number of carbonyl (C=O) groups excluding carboxylic acids is 1. The number of aromatic carboxylic acids is 1. The number of benzene rings is 3. The third-order valence-electron chi connectivity index (χ3n) is 5.57. The molecular weight excluding hydrogens is 445 g/mol. The summed E-state index contributed by atoms with van der Waals surface area (Å²) in [5, 5.41) is 12.3. The maximum absolute atomic E-state index is 14.8. The highest BCUT2D eigenvalue weighted by Gasteiger charge is 2.23. The highest BCUT2D eigenvalue weighted by Crippen LogP contribution is 2.29. The molecule has 0 bridgehead atoms. The number of nitrogens with zero attached hydrogens (tertiary/aromatic N) is 1. The normalized spacial score (nSPS) is 11.0. The van der Waals surface area contributed by atoms with Crippen molar-refractivity contribution in [1.29, 1.82) is 0 Å². The molecule has 0 spiro atoms. The molecule has 5 nitrogen and oxygen atoms in total. The monoisotopic (exact) mass is 464 g/mol. The van der Waals surface area contributed by atoms with Crippen molar-refractivity contribution in [3.63, 3.8) is 0 Å². The van der Waals surface area contributed by atoms with Crippen LogP contribution in [0.2, 0.25) is 0 Å². The van der Waals surface area contributed by atoms with Crippen molar-refractivity contribution >= 4 is 28.5 Å². The topological polar surface area (TPSA) is 79.3 Å². The second kappa shape index (κ2) is 8.97. The predicted molar refractivity (Wildman–Crippen MR) is 123 cm³/mol. The van der Waals surface area contributed by atoms with Crippen LogP contribution in [0, 0.1) is 24.4 Å². The molecule has 0 unspecified atom stereocenters. The average molecular weight is 464 g/mol. The minimum Gasteiger partial charge on any atom is -0.478 e. The third kappa shape index (κ3) is 4.22. The molecule has 8 heteroatoms. The zero-order valence-corrected chi connectivity index (χ0v) is 18.2. The Morgan fingerprint density at radius 2 is 1.68 bits per heavy atom. The lowest BCUT2D eigenvalue weighted by Crippen LogP contribution is -2.19. The van der Waals surface area contributed by atoms with E-state index in [2.05, 4.69) is 10.3 Å². The van der Waals surface area contributed by atoms with Gasteiger partial charge in [-0.15, -0.1) is 0 Å². The molecule has 0 aliphatic rings. The number of carboxylic acid groups (broad SMARTS) is 1. The molecular formula is C26H19F3N2O3. The Morgan fingerprint density at radius 1 is 0.971 bits per heavy atom. The van der Waals surface area contributed by atoms with Crippen LogP contribution in [-0.2, 0) is 6.42 Å². The molecule has 4 aromatic rings. The fourth-order valence-electron chi connectivity index (χ4n) is 3.82. The van der Waals surface area contributed by atoms with Gasteiger partial charge in [-0.1, -0.05) is 25.1 Å². The summed E-state index contributed by atoms with van der Waals surface area (Å²) < 4.78 is 43.0. The number of carboxylic acids is 1.